The van der Waals surface area contributed by atoms with Gasteiger partial charge in [0.25, 0.3) is 0 Å². The number of ether oxygens (including phenoxy) is 1. The molecule has 0 aliphatic rings. The number of benzene rings is 1. The number of rotatable bonds is 5. The van der Waals surface area contributed by atoms with E-state index in [9.17, 15) is 0 Å². The highest BCUT2D eigenvalue weighted by Crippen LogP contribution is 2.33. The second kappa shape index (κ2) is 7.09. The van der Waals surface area contributed by atoms with Crippen molar-refractivity contribution in [3.05, 3.63) is 39.0 Å². The summed E-state index contributed by atoms with van der Waals surface area (Å²) in [6, 6.07) is 3.74. The maximum Gasteiger partial charge on any atom is 0.238 e. The molecule has 112 valence electrons. The third-order valence-corrected chi connectivity index (χ3v) is 3.63. The van der Waals surface area contributed by atoms with Crippen molar-refractivity contribution >= 4 is 33.5 Å². The van der Waals surface area contributed by atoms with Gasteiger partial charge >= 0.3 is 0 Å². The number of hydrogen-bond donors (Lipinski definition) is 1. The van der Waals surface area contributed by atoms with Crippen LogP contribution >= 0.6 is 27.5 Å². The van der Waals surface area contributed by atoms with E-state index in [1.807, 2.05) is 26.0 Å². The second-order valence-electron chi connectivity index (χ2n) is 4.74. The SMILES string of the molecule is CCCNc1ncc(Br)c(Oc2c(C)cc(Cl)cc2C)n1. The van der Waals surface area contributed by atoms with Crippen molar-refractivity contribution in [1.29, 1.82) is 0 Å². The molecule has 4 nitrogen and oxygen atoms in total. The Kier molecular flexibility index (Phi) is 5.42. The van der Waals surface area contributed by atoms with Crippen molar-refractivity contribution < 1.29 is 4.74 Å². The largest absolute Gasteiger partial charge is 0.437 e. The predicted molar refractivity (Wildman–Crippen MR) is 89.5 cm³/mol. The van der Waals surface area contributed by atoms with Gasteiger partial charge in [-0.2, -0.15) is 4.98 Å². The summed E-state index contributed by atoms with van der Waals surface area (Å²) in [5.74, 6) is 1.80. The van der Waals surface area contributed by atoms with Gasteiger partial charge in [-0.25, -0.2) is 4.98 Å². The summed E-state index contributed by atoms with van der Waals surface area (Å²) in [5, 5.41) is 3.84. The van der Waals surface area contributed by atoms with E-state index in [4.69, 9.17) is 16.3 Å². The molecule has 0 radical (unpaired) electrons. The van der Waals surface area contributed by atoms with Gasteiger partial charge in [0.15, 0.2) is 0 Å². The summed E-state index contributed by atoms with van der Waals surface area (Å²) < 4.78 is 6.66. The zero-order chi connectivity index (χ0) is 15.4. The molecule has 0 aliphatic heterocycles. The van der Waals surface area contributed by atoms with E-state index in [-0.39, 0.29) is 0 Å². The van der Waals surface area contributed by atoms with Gasteiger partial charge < -0.3 is 10.1 Å². The molecule has 0 atom stereocenters. The van der Waals surface area contributed by atoms with Gasteiger partial charge in [-0.3, -0.25) is 0 Å². The van der Waals surface area contributed by atoms with Gasteiger partial charge in [-0.15, -0.1) is 0 Å². The summed E-state index contributed by atoms with van der Waals surface area (Å²) in [7, 11) is 0. The molecular weight excluding hydrogens is 354 g/mol. The molecule has 0 fully saturated rings. The minimum Gasteiger partial charge on any atom is -0.437 e. The van der Waals surface area contributed by atoms with Crippen molar-refractivity contribution in [3.63, 3.8) is 0 Å². The molecule has 0 saturated carbocycles. The highest BCUT2D eigenvalue weighted by molar-refractivity contribution is 9.10. The molecule has 0 aliphatic carbocycles. The van der Waals surface area contributed by atoms with Gasteiger partial charge in [0.05, 0.1) is 10.7 Å². The molecule has 0 saturated heterocycles. The Morgan fingerprint density at radius 3 is 2.57 bits per heavy atom. The Bertz CT molecular complexity index is 626. The van der Waals surface area contributed by atoms with E-state index in [0.717, 1.165) is 29.8 Å². The molecule has 2 rings (SSSR count). The molecular formula is C15H17BrClN3O. The predicted octanol–water partition coefficient (Wildman–Crippen LogP) is 5.12. The summed E-state index contributed by atoms with van der Waals surface area (Å²) in [4.78, 5) is 8.59. The lowest BCUT2D eigenvalue weighted by molar-refractivity contribution is 0.452. The molecule has 21 heavy (non-hydrogen) atoms. The average Bonchev–Trinajstić information content (AvgIpc) is 2.43. The number of nitrogens with zero attached hydrogens (tertiary/aromatic N) is 2. The minimum atomic E-state index is 0.483. The Morgan fingerprint density at radius 2 is 1.95 bits per heavy atom. The van der Waals surface area contributed by atoms with Crippen LogP contribution in [0.2, 0.25) is 5.02 Å². The molecule has 6 heteroatoms. The van der Waals surface area contributed by atoms with Crippen LogP contribution in [0.1, 0.15) is 24.5 Å². The first-order valence-corrected chi connectivity index (χ1v) is 7.89. The normalized spacial score (nSPS) is 10.5. The van der Waals surface area contributed by atoms with Gasteiger partial charge in [0.2, 0.25) is 11.8 Å². The molecule has 0 amide bonds. The lowest BCUT2D eigenvalue weighted by Gasteiger charge is -2.13. The number of halogens is 2. The minimum absolute atomic E-state index is 0.483. The second-order valence-corrected chi connectivity index (χ2v) is 6.04. The first-order chi connectivity index (χ1) is 10.0. The Labute approximate surface area is 138 Å². The van der Waals surface area contributed by atoms with Crippen LogP contribution in [-0.2, 0) is 0 Å². The molecule has 0 bridgehead atoms. The van der Waals surface area contributed by atoms with Gasteiger partial charge in [0, 0.05) is 11.6 Å². The van der Waals surface area contributed by atoms with Crippen LogP contribution in [0.25, 0.3) is 0 Å². The average molecular weight is 371 g/mol. The molecule has 1 aromatic heterocycles. The number of hydrogen-bond acceptors (Lipinski definition) is 4. The van der Waals surface area contributed by atoms with Crippen molar-refractivity contribution in [1.82, 2.24) is 9.97 Å². The standard InChI is InChI=1S/C15H17BrClN3O/c1-4-5-18-15-19-8-12(16)14(20-15)21-13-9(2)6-11(17)7-10(13)3/h6-8H,4-5H2,1-3H3,(H,18,19,20). The van der Waals surface area contributed by atoms with E-state index in [2.05, 4.69) is 38.1 Å². The molecule has 0 unspecified atom stereocenters. The zero-order valence-corrected chi connectivity index (χ0v) is 14.5. The van der Waals surface area contributed by atoms with E-state index in [1.165, 1.54) is 0 Å². The number of aryl methyl sites for hydroxylation is 2. The topological polar surface area (TPSA) is 47.0 Å². The maximum atomic E-state index is 6.04. The molecule has 1 heterocycles. The van der Waals surface area contributed by atoms with E-state index in [1.54, 1.807) is 6.20 Å². The lowest BCUT2D eigenvalue weighted by Crippen LogP contribution is -2.05. The zero-order valence-electron chi connectivity index (χ0n) is 12.2. The van der Waals surface area contributed by atoms with E-state index >= 15 is 0 Å². The molecule has 0 spiro atoms. The Balaban J connectivity index is 2.31. The first kappa shape index (κ1) is 16.0. The van der Waals surface area contributed by atoms with Crippen LogP contribution in [0.15, 0.2) is 22.8 Å². The molecule has 2 aromatic rings. The number of anilines is 1. The summed E-state index contributed by atoms with van der Waals surface area (Å²) in [6.07, 6.45) is 2.69. The highest BCUT2D eigenvalue weighted by Gasteiger charge is 2.12. The van der Waals surface area contributed by atoms with Crippen LogP contribution in [0.4, 0.5) is 5.95 Å². The molecule has 1 N–H and O–H groups in total. The van der Waals surface area contributed by atoms with Gasteiger partial charge in [-0.05, 0) is 59.5 Å². The van der Waals surface area contributed by atoms with Crippen LogP contribution < -0.4 is 10.1 Å². The first-order valence-electron chi connectivity index (χ1n) is 6.72. The monoisotopic (exact) mass is 369 g/mol. The van der Waals surface area contributed by atoms with Crippen molar-refractivity contribution in [2.45, 2.75) is 27.2 Å². The van der Waals surface area contributed by atoms with Gasteiger partial charge in [-0.1, -0.05) is 18.5 Å². The summed E-state index contributed by atoms with van der Waals surface area (Å²) in [5.41, 5.74) is 1.93. The Hall–Kier alpha value is -1.33. The number of nitrogens with one attached hydrogen (secondary N) is 1. The van der Waals surface area contributed by atoms with E-state index in [0.29, 0.717) is 21.3 Å². The fraction of sp³-hybridized carbons (Fsp3) is 0.333. The van der Waals surface area contributed by atoms with Crippen molar-refractivity contribution in [3.8, 4) is 11.6 Å². The highest BCUT2D eigenvalue weighted by atomic mass is 79.9. The van der Waals surface area contributed by atoms with Crippen LogP contribution in [0.5, 0.6) is 11.6 Å². The van der Waals surface area contributed by atoms with Gasteiger partial charge in [0.1, 0.15) is 5.75 Å². The molecule has 1 aromatic carbocycles. The fourth-order valence-electron chi connectivity index (χ4n) is 1.90. The van der Waals surface area contributed by atoms with Crippen LogP contribution in [0.3, 0.4) is 0 Å². The van der Waals surface area contributed by atoms with Crippen LogP contribution in [-0.4, -0.2) is 16.5 Å². The van der Waals surface area contributed by atoms with E-state index < -0.39 is 0 Å². The Morgan fingerprint density at radius 1 is 1.29 bits per heavy atom. The third-order valence-electron chi connectivity index (χ3n) is 2.87. The number of aromatic nitrogens is 2. The quantitative estimate of drug-likeness (QED) is 0.793. The fourth-order valence-corrected chi connectivity index (χ4v) is 2.50. The summed E-state index contributed by atoms with van der Waals surface area (Å²) in [6.45, 7) is 6.82. The third kappa shape index (κ3) is 4.08. The summed E-state index contributed by atoms with van der Waals surface area (Å²) >= 11 is 9.45. The van der Waals surface area contributed by atoms with Crippen LogP contribution in [0, 0.1) is 13.8 Å². The lowest BCUT2D eigenvalue weighted by atomic mass is 10.1. The maximum absolute atomic E-state index is 6.04. The van der Waals surface area contributed by atoms with Crippen molar-refractivity contribution in [2.75, 3.05) is 11.9 Å². The smallest absolute Gasteiger partial charge is 0.238 e. The van der Waals surface area contributed by atoms with Crippen molar-refractivity contribution in [2.24, 2.45) is 0 Å².